The number of rotatable bonds is 5. The van der Waals surface area contributed by atoms with E-state index in [1.807, 2.05) is 25.1 Å². The number of hydrogen-bond acceptors (Lipinski definition) is 6. The second-order valence-electron chi connectivity index (χ2n) is 4.82. The van der Waals surface area contributed by atoms with Crippen molar-refractivity contribution in [1.82, 2.24) is 10.2 Å². The topological polar surface area (TPSA) is 64.1 Å². The zero-order chi connectivity index (χ0) is 16.9. The number of aromatic nitrogens is 2. The first-order chi connectivity index (χ1) is 11.6. The molecule has 0 aliphatic carbocycles. The zero-order valence-corrected chi connectivity index (χ0v) is 15.2. The van der Waals surface area contributed by atoms with Gasteiger partial charge in [0.25, 0.3) is 0 Å². The lowest BCUT2D eigenvalue weighted by Crippen LogP contribution is -2.09. The smallest absolute Gasteiger partial charge is 0.250 e. The molecule has 0 fully saturated rings. The van der Waals surface area contributed by atoms with Gasteiger partial charge in [-0.05, 0) is 35.6 Å². The van der Waals surface area contributed by atoms with Gasteiger partial charge in [-0.15, -0.1) is 10.2 Å². The molecule has 124 valence electrons. The molecule has 0 saturated heterocycles. The number of thioether (sulfide) groups is 1. The summed E-state index contributed by atoms with van der Waals surface area (Å²) in [5.74, 6) is 1.45. The molecule has 1 aliphatic heterocycles. The van der Waals surface area contributed by atoms with Crippen molar-refractivity contribution < 1.29 is 9.53 Å². The molecule has 0 spiro atoms. The molecule has 0 radical (unpaired) electrons. The summed E-state index contributed by atoms with van der Waals surface area (Å²) in [6.45, 7) is 2.45. The minimum absolute atomic E-state index is 0.253. The standard InChI is InChI=1S/C16H14ClN3O2S2/c1-2-23-16-20-19-15(24-16)18-14(21)6-3-10-7-11-8-12(17)4-5-13(11)22-9-10/h3-8H,2,9H2,1H3,(H,18,19,21). The van der Waals surface area contributed by atoms with E-state index in [1.165, 1.54) is 17.4 Å². The van der Waals surface area contributed by atoms with E-state index in [-0.39, 0.29) is 5.91 Å². The highest BCUT2D eigenvalue weighted by Crippen LogP contribution is 2.29. The van der Waals surface area contributed by atoms with E-state index in [0.29, 0.717) is 16.8 Å². The van der Waals surface area contributed by atoms with Crippen LogP contribution in [0.3, 0.4) is 0 Å². The third-order valence-electron chi connectivity index (χ3n) is 3.06. The maximum absolute atomic E-state index is 12.0. The highest BCUT2D eigenvalue weighted by molar-refractivity contribution is 8.01. The van der Waals surface area contributed by atoms with E-state index < -0.39 is 0 Å². The van der Waals surface area contributed by atoms with Crippen molar-refractivity contribution in [3.05, 3.63) is 46.5 Å². The van der Waals surface area contributed by atoms with Crippen molar-refractivity contribution in [3.63, 3.8) is 0 Å². The van der Waals surface area contributed by atoms with Crippen LogP contribution in [-0.4, -0.2) is 28.5 Å². The largest absolute Gasteiger partial charge is 0.488 e. The zero-order valence-electron chi connectivity index (χ0n) is 12.8. The van der Waals surface area contributed by atoms with Crippen molar-refractivity contribution in [3.8, 4) is 5.75 Å². The quantitative estimate of drug-likeness (QED) is 0.477. The van der Waals surface area contributed by atoms with E-state index in [9.17, 15) is 4.79 Å². The van der Waals surface area contributed by atoms with Gasteiger partial charge in [-0.1, -0.05) is 47.7 Å². The van der Waals surface area contributed by atoms with Crippen LogP contribution in [0.25, 0.3) is 6.08 Å². The molecule has 1 N–H and O–H groups in total. The Morgan fingerprint density at radius 2 is 2.38 bits per heavy atom. The third kappa shape index (κ3) is 4.37. The van der Waals surface area contributed by atoms with Crippen molar-refractivity contribution in [1.29, 1.82) is 0 Å². The Balaban J connectivity index is 1.63. The highest BCUT2D eigenvalue weighted by Gasteiger charge is 2.11. The van der Waals surface area contributed by atoms with Crippen LogP contribution in [0.2, 0.25) is 5.02 Å². The van der Waals surface area contributed by atoms with Gasteiger partial charge in [0.2, 0.25) is 11.0 Å². The normalized spacial score (nSPS) is 13.3. The van der Waals surface area contributed by atoms with Crippen molar-refractivity contribution in [2.24, 2.45) is 0 Å². The molecule has 0 unspecified atom stereocenters. The molecular formula is C16H14ClN3O2S2. The number of nitrogens with zero attached hydrogens (tertiary/aromatic N) is 2. The third-order valence-corrected chi connectivity index (χ3v) is 5.15. The average molecular weight is 380 g/mol. The van der Waals surface area contributed by atoms with Crippen LogP contribution >= 0.6 is 34.7 Å². The van der Waals surface area contributed by atoms with E-state index in [2.05, 4.69) is 15.5 Å². The molecule has 2 aromatic rings. The summed E-state index contributed by atoms with van der Waals surface area (Å²) in [6, 6.07) is 5.45. The maximum Gasteiger partial charge on any atom is 0.250 e. The lowest BCUT2D eigenvalue weighted by atomic mass is 10.1. The fourth-order valence-corrected chi connectivity index (χ4v) is 3.87. The molecular weight excluding hydrogens is 366 g/mol. The van der Waals surface area contributed by atoms with Gasteiger partial charge in [-0.25, -0.2) is 0 Å². The van der Waals surface area contributed by atoms with Crippen LogP contribution in [-0.2, 0) is 4.79 Å². The lowest BCUT2D eigenvalue weighted by Gasteiger charge is -2.16. The van der Waals surface area contributed by atoms with E-state index in [4.69, 9.17) is 16.3 Å². The first-order valence-corrected chi connectivity index (χ1v) is 9.40. The summed E-state index contributed by atoms with van der Waals surface area (Å²) >= 11 is 8.94. The van der Waals surface area contributed by atoms with E-state index >= 15 is 0 Å². The van der Waals surface area contributed by atoms with Crippen molar-refractivity contribution >= 4 is 51.8 Å². The first-order valence-electron chi connectivity index (χ1n) is 7.22. The fourth-order valence-electron chi connectivity index (χ4n) is 2.03. The van der Waals surface area contributed by atoms with Crippen molar-refractivity contribution in [2.45, 2.75) is 11.3 Å². The molecule has 0 bridgehead atoms. The number of anilines is 1. The SMILES string of the molecule is CCSc1nnc(NC(=O)C=CC2=Cc3cc(Cl)ccc3OC2)s1. The van der Waals surface area contributed by atoms with Gasteiger partial charge >= 0.3 is 0 Å². The minimum Gasteiger partial charge on any atom is -0.488 e. The molecule has 1 aromatic heterocycles. The number of hydrogen-bond donors (Lipinski definition) is 1. The predicted octanol–water partition coefficient (Wildman–Crippen LogP) is 4.27. The van der Waals surface area contributed by atoms with Gasteiger partial charge < -0.3 is 4.74 Å². The number of nitrogens with one attached hydrogen (secondary N) is 1. The number of fused-ring (bicyclic) bond motifs is 1. The number of halogens is 1. The van der Waals surface area contributed by atoms with Gasteiger partial charge in [-0.3, -0.25) is 10.1 Å². The molecule has 1 amide bonds. The number of benzene rings is 1. The van der Waals surface area contributed by atoms with Crippen LogP contribution < -0.4 is 10.1 Å². The number of ether oxygens (including phenoxy) is 1. The maximum atomic E-state index is 12.0. The Morgan fingerprint density at radius 1 is 1.50 bits per heavy atom. The van der Waals surface area contributed by atoms with Crippen LogP contribution in [0.15, 0.2) is 40.3 Å². The number of carbonyl (C=O) groups excluding carboxylic acids is 1. The van der Waals surface area contributed by atoms with Gasteiger partial charge in [0.05, 0.1) is 0 Å². The van der Waals surface area contributed by atoms with Crippen LogP contribution in [0.5, 0.6) is 5.75 Å². The predicted molar refractivity (Wildman–Crippen MR) is 99.0 cm³/mol. The monoisotopic (exact) mass is 379 g/mol. The van der Waals surface area contributed by atoms with Crippen LogP contribution in [0, 0.1) is 0 Å². The second kappa shape index (κ2) is 7.83. The Labute approximate surface area is 152 Å². The fraction of sp³-hybridized carbons (Fsp3) is 0.188. The molecule has 1 aromatic carbocycles. The van der Waals surface area contributed by atoms with Crippen LogP contribution in [0.1, 0.15) is 12.5 Å². The Kier molecular flexibility index (Phi) is 5.55. The summed E-state index contributed by atoms with van der Waals surface area (Å²) in [6.07, 6.45) is 5.14. The van der Waals surface area contributed by atoms with E-state index in [1.54, 1.807) is 23.9 Å². The summed E-state index contributed by atoms with van der Waals surface area (Å²) in [4.78, 5) is 12.0. The molecule has 0 saturated carbocycles. The second-order valence-corrected chi connectivity index (χ2v) is 7.74. The molecule has 1 aliphatic rings. The number of carbonyl (C=O) groups is 1. The summed E-state index contributed by atoms with van der Waals surface area (Å²) in [5.41, 5.74) is 1.79. The van der Waals surface area contributed by atoms with Gasteiger partial charge in [-0.2, -0.15) is 0 Å². The highest BCUT2D eigenvalue weighted by atomic mass is 35.5. The summed E-state index contributed by atoms with van der Waals surface area (Å²) in [7, 11) is 0. The Bertz CT molecular complexity index is 817. The molecule has 3 rings (SSSR count). The number of amides is 1. The molecule has 5 nitrogen and oxygen atoms in total. The Morgan fingerprint density at radius 3 is 3.21 bits per heavy atom. The first kappa shape index (κ1) is 17.0. The van der Waals surface area contributed by atoms with E-state index in [0.717, 1.165) is 27.0 Å². The molecule has 2 heterocycles. The molecule has 0 atom stereocenters. The molecule has 8 heteroatoms. The van der Waals surface area contributed by atoms with Crippen LogP contribution in [0.4, 0.5) is 5.13 Å². The average Bonchev–Trinajstić information content (AvgIpc) is 3.00. The minimum atomic E-state index is -0.253. The van der Waals surface area contributed by atoms with Crippen molar-refractivity contribution in [2.75, 3.05) is 17.7 Å². The van der Waals surface area contributed by atoms with Gasteiger partial charge in [0.15, 0.2) is 4.34 Å². The lowest BCUT2D eigenvalue weighted by molar-refractivity contribution is -0.111. The molecule has 24 heavy (non-hydrogen) atoms. The summed E-state index contributed by atoms with van der Waals surface area (Å²) < 4.78 is 6.48. The van der Waals surface area contributed by atoms with Gasteiger partial charge in [0.1, 0.15) is 12.4 Å². The Hall–Kier alpha value is -1.83. The summed E-state index contributed by atoms with van der Waals surface area (Å²) in [5, 5.41) is 11.8. The van der Waals surface area contributed by atoms with Gasteiger partial charge in [0, 0.05) is 16.7 Å².